The van der Waals surface area contributed by atoms with Gasteiger partial charge in [0.15, 0.2) is 6.29 Å². The smallest absolute Gasteiger partial charge is 0.243 e. The number of ether oxygens (including phenoxy) is 3. The minimum absolute atomic E-state index is 0.179. The average molecular weight is 391 g/mol. The Morgan fingerprint density at radius 1 is 1.04 bits per heavy atom. The second kappa shape index (κ2) is 7.75. The molecule has 146 valence electrons. The highest BCUT2D eigenvalue weighted by molar-refractivity contribution is 7.89. The second-order valence-electron chi connectivity index (χ2n) is 6.89. The van der Waals surface area contributed by atoms with Crippen LogP contribution in [-0.4, -0.2) is 51.9 Å². The van der Waals surface area contributed by atoms with Gasteiger partial charge in [-0.3, -0.25) is 0 Å². The molecule has 4 rings (SSSR count). The van der Waals surface area contributed by atoms with Gasteiger partial charge in [-0.05, 0) is 31.9 Å². The van der Waals surface area contributed by atoms with E-state index in [2.05, 4.69) is 0 Å². The van der Waals surface area contributed by atoms with Gasteiger partial charge in [0, 0.05) is 29.8 Å². The Kier molecular flexibility index (Phi) is 5.36. The van der Waals surface area contributed by atoms with Crippen molar-refractivity contribution >= 4 is 20.8 Å². The third-order valence-corrected chi connectivity index (χ3v) is 7.25. The van der Waals surface area contributed by atoms with Gasteiger partial charge in [0.05, 0.1) is 24.7 Å². The fourth-order valence-corrected chi connectivity index (χ4v) is 5.59. The largest absolute Gasteiger partial charge is 0.493 e. The van der Waals surface area contributed by atoms with Crippen molar-refractivity contribution in [1.82, 2.24) is 4.31 Å². The van der Waals surface area contributed by atoms with E-state index in [0.717, 1.165) is 18.2 Å². The quantitative estimate of drug-likeness (QED) is 0.784. The Hall–Kier alpha value is -1.67. The van der Waals surface area contributed by atoms with E-state index in [1.807, 2.05) is 31.2 Å². The van der Waals surface area contributed by atoms with Crippen LogP contribution in [-0.2, 0) is 19.5 Å². The van der Waals surface area contributed by atoms with Crippen LogP contribution in [0.5, 0.6) is 5.75 Å². The van der Waals surface area contributed by atoms with Gasteiger partial charge in [-0.2, -0.15) is 4.31 Å². The first-order valence-electron chi connectivity index (χ1n) is 9.49. The molecular formula is C20H25NO5S. The molecule has 0 bridgehead atoms. The Bertz CT molecular complexity index is 900. The molecule has 0 aliphatic carbocycles. The first-order chi connectivity index (χ1) is 13.1. The molecule has 2 aliphatic rings. The highest BCUT2D eigenvalue weighted by Crippen LogP contribution is 2.34. The molecule has 2 fully saturated rings. The zero-order valence-corrected chi connectivity index (χ0v) is 16.3. The van der Waals surface area contributed by atoms with E-state index in [1.165, 1.54) is 0 Å². The fourth-order valence-electron chi connectivity index (χ4n) is 3.93. The number of benzene rings is 2. The number of fused-ring (bicyclic) bond motifs is 1. The molecule has 0 N–H and O–H groups in total. The standard InChI is InChI=1S/C20H25NO5S/c1-2-24-18-7-8-19(17-6-4-3-5-16(17)18)27(22,23)21-11-9-15(10-12-21)20-25-13-14-26-20/h3-8,15,20H,2,9-14H2,1H3. The molecule has 27 heavy (non-hydrogen) atoms. The molecule has 0 amide bonds. The monoisotopic (exact) mass is 391 g/mol. The van der Waals surface area contributed by atoms with E-state index in [0.29, 0.717) is 48.9 Å². The predicted octanol–water partition coefficient (Wildman–Crippen LogP) is 3.01. The summed E-state index contributed by atoms with van der Waals surface area (Å²) in [5.74, 6) is 0.970. The summed E-state index contributed by atoms with van der Waals surface area (Å²) in [7, 11) is -3.57. The summed E-state index contributed by atoms with van der Waals surface area (Å²) in [5, 5.41) is 1.52. The summed E-state index contributed by atoms with van der Waals surface area (Å²) >= 11 is 0. The molecule has 2 aromatic rings. The molecule has 6 nitrogen and oxygen atoms in total. The Balaban J connectivity index is 1.60. The van der Waals surface area contributed by atoms with Crippen molar-refractivity contribution in [2.45, 2.75) is 31.0 Å². The van der Waals surface area contributed by atoms with Crippen molar-refractivity contribution in [1.29, 1.82) is 0 Å². The second-order valence-corrected chi connectivity index (χ2v) is 8.80. The highest BCUT2D eigenvalue weighted by Gasteiger charge is 2.35. The van der Waals surface area contributed by atoms with E-state index in [-0.39, 0.29) is 12.2 Å². The number of nitrogens with zero attached hydrogens (tertiary/aromatic N) is 1. The molecular weight excluding hydrogens is 366 g/mol. The molecule has 2 aromatic carbocycles. The van der Waals surface area contributed by atoms with Crippen molar-refractivity contribution < 1.29 is 22.6 Å². The van der Waals surface area contributed by atoms with Crippen molar-refractivity contribution in [2.75, 3.05) is 32.9 Å². The maximum Gasteiger partial charge on any atom is 0.243 e. The molecule has 0 saturated carbocycles. The molecule has 0 radical (unpaired) electrons. The third kappa shape index (κ3) is 3.57. The molecule has 0 spiro atoms. The van der Waals surface area contributed by atoms with Crippen LogP contribution >= 0.6 is 0 Å². The van der Waals surface area contributed by atoms with Crippen LogP contribution in [0.15, 0.2) is 41.3 Å². The molecule has 0 unspecified atom stereocenters. The van der Waals surface area contributed by atoms with Crippen LogP contribution in [0.2, 0.25) is 0 Å². The summed E-state index contributed by atoms with van der Waals surface area (Å²) in [4.78, 5) is 0.341. The van der Waals surface area contributed by atoms with Crippen LogP contribution in [0.25, 0.3) is 10.8 Å². The zero-order valence-electron chi connectivity index (χ0n) is 15.5. The normalized spacial score (nSPS) is 20.3. The lowest BCUT2D eigenvalue weighted by Crippen LogP contribution is -2.41. The maximum absolute atomic E-state index is 13.3. The first-order valence-corrected chi connectivity index (χ1v) is 10.9. The third-order valence-electron chi connectivity index (χ3n) is 5.29. The van der Waals surface area contributed by atoms with Gasteiger partial charge in [-0.25, -0.2) is 8.42 Å². The molecule has 2 aliphatic heterocycles. The number of hydrogen-bond donors (Lipinski definition) is 0. The van der Waals surface area contributed by atoms with Crippen molar-refractivity contribution in [3.05, 3.63) is 36.4 Å². The Morgan fingerprint density at radius 2 is 1.70 bits per heavy atom. The SMILES string of the molecule is CCOc1ccc(S(=O)(=O)N2CCC(C3OCCO3)CC2)c2ccccc12. The summed E-state index contributed by atoms with van der Waals surface area (Å²) in [6.45, 7) is 4.68. The fraction of sp³-hybridized carbons (Fsp3) is 0.500. The van der Waals surface area contributed by atoms with Crippen molar-refractivity contribution in [3.8, 4) is 5.75 Å². The Morgan fingerprint density at radius 3 is 2.37 bits per heavy atom. The van der Waals surface area contributed by atoms with Crippen molar-refractivity contribution in [3.63, 3.8) is 0 Å². The number of rotatable bonds is 5. The number of sulfonamides is 1. The van der Waals surface area contributed by atoms with Gasteiger partial charge in [-0.15, -0.1) is 0 Å². The molecule has 7 heteroatoms. The highest BCUT2D eigenvalue weighted by atomic mass is 32.2. The topological polar surface area (TPSA) is 65.1 Å². The first kappa shape index (κ1) is 18.7. The lowest BCUT2D eigenvalue weighted by atomic mass is 9.98. The lowest BCUT2D eigenvalue weighted by molar-refractivity contribution is -0.0938. The van der Waals surface area contributed by atoms with Gasteiger partial charge < -0.3 is 14.2 Å². The number of hydrogen-bond acceptors (Lipinski definition) is 5. The van der Waals surface area contributed by atoms with Gasteiger partial charge >= 0.3 is 0 Å². The van der Waals surface area contributed by atoms with Crippen LogP contribution < -0.4 is 4.74 Å². The van der Waals surface area contributed by atoms with Gasteiger partial charge in [0.1, 0.15) is 5.75 Å². The van der Waals surface area contributed by atoms with E-state index in [1.54, 1.807) is 16.4 Å². The van der Waals surface area contributed by atoms with E-state index in [4.69, 9.17) is 14.2 Å². The summed E-state index contributed by atoms with van der Waals surface area (Å²) in [6.07, 6.45) is 1.32. The maximum atomic E-state index is 13.3. The van der Waals surface area contributed by atoms with Crippen molar-refractivity contribution in [2.24, 2.45) is 5.92 Å². The number of piperidine rings is 1. The van der Waals surface area contributed by atoms with Crippen LogP contribution in [0.4, 0.5) is 0 Å². The minimum atomic E-state index is -3.57. The van der Waals surface area contributed by atoms with Crippen LogP contribution in [0.1, 0.15) is 19.8 Å². The molecule has 0 atom stereocenters. The summed E-state index contributed by atoms with van der Waals surface area (Å²) < 4.78 is 45.1. The van der Waals surface area contributed by atoms with Crippen LogP contribution in [0, 0.1) is 5.92 Å². The Labute approximate surface area is 160 Å². The van der Waals surface area contributed by atoms with E-state index in [9.17, 15) is 8.42 Å². The molecule has 0 aromatic heterocycles. The summed E-state index contributed by atoms with van der Waals surface area (Å²) in [5.41, 5.74) is 0. The molecule has 2 saturated heterocycles. The lowest BCUT2D eigenvalue weighted by Gasteiger charge is -2.33. The van der Waals surface area contributed by atoms with E-state index >= 15 is 0 Å². The molecule has 2 heterocycles. The minimum Gasteiger partial charge on any atom is -0.493 e. The van der Waals surface area contributed by atoms with Gasteiger partial charge in [0.25, 0.3) is 0 Å². The average Bonchev–Trinajstić information content (AvgIpc) is 3.23. The predicted molar refractivity (Wildman–Crippen MR) is 102 cm³/mol. The van der Waals surface area contributed by atoms with Gasteiger partial charge in [-0.1, -0.05) is 24.3 Å². The van der Waals surface area contributed by atoms with Gasteiger partial charge in [0.2, 0.25) is 10.0 Å². The zero-order chi connectivity index (χ0) is 18.9. The van der Waals surface area contributed by atoms with E-state index < -0.39 is 10.0 Å². The summed E-state index contributed by atoms with van der Waals surface area (Å²) in [6, 6.07) is 10.9. The van der Waals surface area contributed by atoms with Crippen LogP contribution in [0.3, 0.4) is 0 Å².